The highest BCUT2D eigenvalue weighted by Crippen LogP contribution is 2.28. The van der Waals surface area contributed by atoms with Crippen LogP contribution in [-0.4, -0.2) is 26.3 Å². The SMILES string of the molecule is COC(=O)C(C)COCC1CC1. The second kappa shape index (κ2) is 4.45. The van der Waals surface area contributed by atoms with E-state index in [0.717, 1.165) is 12.5 Å². The van der Waals surface area contributed by atoms with Gasteiger partial charge in [0.25, 0.3) is 0 Å². The van der Waals surface area contributed by atoms with Gasteiger partial charge in [0, 0.05) is 6.61 Å². The Labute approximate surface area is 73.0 Å². The summed E-state index contributed by atoms with van der Waals surface area (Å²) in [5, 5.41) is 0. The molecule has 0 heterocycles. The monoisotopic (exact) mass is 172 g/mol. The van der Waals surface area contributed by atoms with Crippen LogP contribution in [0.1, 0.15) is 19.8 Å². The molecule has 3 heteroatoms. The Morgan fingerprint density at radius 2 is 2.25 bits per heavy atom. The quantitative estimate of drug-likeness (QED) is 0.585. The molecule has 3 nitrogen and oxygen atoms in total. The maximum atomic E-state index is 10.9. The summed E-state index contributed by atoms with van der Waals surface area (Å²) < 4.78 is 9.91. The molecule has 1 atom stereocenters. The molecule has 1 aliphatic carbocycles. The van der Waals surface area contributed by atoms with Gasteiger partial charge in [0.2, 0.25) is 0 Å². The molecular weight excluding hydrogens is 156 g/mol. The van der Waals surface area contributed by atoms with E-state index < -0.39 is 0 Å². The first-order valence-corrected chi connectivity index (χ1v) is 4.39. The van der Waals surface area contributed by atoms with Crippen LogP contribution in [-0.2, 0) is 14.3 Å². The molecule has 1 aliphatic rings. The Morgan fingerprint density at radius 1 is 1.58 bits per heavy atom. The van der Waals surface area contributed by atoms with E-state index in [1.165, 1.54) is 20.0 Å². The minimum absolute atomic E-state index is 0.131. The Balaban J connectivity index is 2.00. The van der Waals surface area contributed by atoms with Crippen molar-refractivity contribution < 1.29 is 14.3 Å². The lowest BCUT2D eigenvalue weighted by molar-refractivity contribution is -0.146. The molecule has 0 aromatic heterocycles. The zero-order chi connectivity index (χ0) is 8.97. The molecule has 0 aromatic carbocycles. The molecule has 1 saturated carbocycles. The van der Waals surface area contributed by atoms with Crippen molar-refractivity contribution in [1.82, 2.24) is 0 Å². The molecule has 70 valence electrons. The van der Waals surface area contributed by atoms with Crippen LogP contribution >= 0.6 is 0 Å². The van der Waals surface area contributed by atoms with E-state index in [-0.39, 0.29) is 11.9 Å². The largest absolute Gasteiger partial charge is 0.469 e. The van der Waals surface area contributed by atoms with Gasteiger partial charge in [-0.2, -0.15) is 0 Å². The van der Waals surface area contributed by atoms with Crippen LogP contribution in [0, 0.1) is 11.8 Å². The molecule has 1 fully saturated rings. The van der Waals surface area contributed by atoms with Crippen molar-refractivity contribution in [3.05, 3.63) is 0 Å². The number of carbonyl (C=O) groups is 1. The summed E-state index contributed by atoms with van der Waals surface area (Å²) in [6.07, 6.45) is 2.57. The second-order valence-electron chi connectivity index (χ2n) is 3.41. The summed E-state index contributed by atoms with van der Waals surface area (Å²) in [4.78, 5) is 10.9. The molecule has 0 amide bonds. The van der Waals surface area contributed by atoms with Gasteiger partial charge in [-0.1, -0.05) is 0 Å². The predicted octanol–water partition coefficient (Wildman–Crippen LogP) is 1.22. The van der Waals surface area contributed by atoms with Gasteiger partial charge in [-0.25, -0.2) is 0 Å². The number of esters is 1. The fraction of sp³-hybridized carbons (Fsp3) is 0.889. The third-order valence-corrected chi connectivity index (χ3v) is 2.02. The Kier molecular flexibility index (Phi) is 3.53. The van der Waals surface area contributed by atoms with Crippen molar-refractivity contribution in [3.8, 4) is 0 Å². The Bertz CT molecular complexity index is 152. The van der Waals surface area contributed by atoms with E-state index in [4.69, 9.17) is 4.74 Å². The van der Waals surface area contributed by atoms with Gasteiger partial charge in [-0.15, -0.1) is 0 Å². The first-order valence-electron chi connectivity index (χ1n) is 4.39. The smallest absolute Gasteiger partial charge is 0.310 e. The lowest BCUT2D eigenvalue weighted by Crippen LogP contribution is -2.18. The lowest BCUT2D eigenvalue weighted by Gasteiger charge is -2.08. The molecular formula is C9H16O3. The Morgan fingerprint density at radius 3 is 2.75 bits per heavy atom. The van der Waals surface area contributed by atoms with E-state index in [0.29, 0.717) is 6.61 Å². The van der Waals surface area contributed by atoms with Gasteiger partial charge in [-0.3, -0.25) is 4.79 Å². The van der Waals surface area contributed by atoms with E-state index >= 15 is 0 Å². The zero-order valence-corrected chi connectivity index (χ0v) is 7.71. The van der Waals surface area contributed by atoms with Crippen LogP contribution in [0.15, 0.2) is 0 Å². The maximum absolute atomic E-state index is 10.9. The molecule has 0 N–H and O–H groups in total. The van der Waals surface area contributed by atoms with Crippen LogP contribution in [0.2, 0.25) is 0 Å². The number of hydrogen-bond donors (Lipinski definition) is 0. The van der Waals surface area contributed by atoms with Crippen molar-refractivity contribution in [2.24, 2.45) is 11.8 Å². The van der Waals surface area contributed by atoms with Crippen molar-refractivity contribution in [2.45, 2.75) is 19.8 Å². The van der Waals surface area contributed by atoms with Gasteiger partial charge in [-0.05, 0) is 25.7 Å². The highest BCUT2D eigenvalue weighted by atomic mass is 16.5. The van der Waals surface area contributed by atoms with Crippen molar-refractivity contribution >= 4 is 5.97 Å². The molecule has 0 aromatic rings. The molecule has 1 unspecified atom stereocenters. The van der Waals surface area contributed by atoms with Crippen LogP contribution in [0.25, 0.3) is 0 Å². The van der Waals surface area contributed by atoms with Gasteiger partial charge in [0.15, 0.2) is 0 Å². The highest BCUT2D eigenvalue weighted by molar-refractivity contribution is 5.71. The average molecular weight is 172 g/mol. The third-order valence-electron chi connectivity index (χ3n) is 2.02. The third kappa shape index (κ3) is 3.22. The molecule has 1 rings (SSSR count). The summed E-state index contributed by atoms with van der Waals surface area (Å²) in [5.74, 6) is 0.439. The number of methoxy groups -OCH3 is 1. The van der Waals surface area contributed by atoms with E-state index in [2.05, 4.69) is 4.74 Å². The molecule has 0 saturated heterocycles. The van der Waals surface area contributed by atoms with Crippen molar-refractivity contribution in [1.29, 1.82) is 0 Å². The Hall–Kier alpha value is -0.570. The van der Waals surface area contributed by atoms with E-state index in [1.54, 1.807) is 0 Å². The summed E-state index contributed by atoms with van der Waals surface area (Å²) in [6.45, 7) is 3.11. The number of hydrogen-bond acceptors (Lipinski definition) is 3. The zero-order valence-electron chi connectivity index (χ0n) is 7.71. The predicted molar refractivity (Wildman–Crippen MR) is 44.7 cm³/mol. The van der Waals surface area contributed by atoms with E-state index in [9.17, 15) is 4.79 Å². The lowest BCUT2D eigenvalue weighted by atomic mass is 10.2. The molecule has 0 aliphatic heterocycles. The number of rotatable bonds is 5. The minimum atomic E-state index is -0.189. The normalized spacial score (nSPS) is 18.8. The van der Waals surface area contributed by atoms with Crippen LogP contribution in [0.4, 0.5) is 0 Å². The molecule has 0 spiro atoms. The van der Waals surface area contributed by atoms with Crippen molar-refractivity contribution in [2.75, 3.05) is 20.3 Å². The summed E-state index contributed by atoms with van der Waals surface area (Å²) in [7, 11) is 1.40. The topological polar surface area (TPSA) is 35.5 Å². The molecule has 0 radical (unpaired) electrons. The first kappa shape index (κ1) is 9.52. The fourth-order valence-electron chi connectivity index (χ4n) is 0.965. The summed E-state index contributed by atoms with van der Waals surface area (Å²) in [5.41, 5.74) is 0. The number of carbonyl (C=O) groups excluding carboxylic acids is 1. The van der Waals surface area contributed by atoms with Crippen LogP contribution in [0.3, 0.4) is 0 Å². The second-order valence-corrected chi connectivity index (χ2v) is 3.41. The minimum Gasteiger partial charge on any atom is -0.469 e. The van der Waals surface area contributed by atoms with Crippen LogP contribution < -0.4 is 0 Å². The summed E-state index contributed by atoms with van der Waals surface area (Å²) >= 11 is 0. The van der Waals surface area contributed by atoms with Crippen LogP contribution in [0.5, 0.6) is 0 Å². The fourth-order valence-corrected chi connectivity index (χ4v) is 0.965. The first-order chi connectivity index (χ1) is 5.74. The molecule has 0 bridgehead atoms. The van der Waals surface area contributed by atoms with Gasteiger partial charge in [0.05, 0.1) is 19.6 Å². The van der Waals surface area contributed by atoms with Gasteiger partial charge in [0.1, 0.15) is 0 Å². The van der Waals surface area contributed by atoms with Gasteiger partial charge < -0.3 is 9.47 Å². The van der Waals surface area contributed by atoms with Crippen molar-refractivity contribution in [3.63, 3.8) is 0 Å². The maximum Gasteiger partial charge on any atom is 0.310 e. The summed E-state index contributed by atoms with van der Waals surface area (Å²) in [6, 6.07) is 0. The number of ether oxygens (including phenoxy) is 2. The van der Waals surface area contributed by atoms with E-state index in [1.807, 2.05) is 6.92 Å². The molecule has 12 heavy (non-hydrogen) atoms. The standard InChI is InChI=1S/C9H16O3/c1-7(9(10)11-2)5-12-6-8-3-4-8/h7-8H,3-6H2,1-2H3. The highest BCUT2D eigenvalue weighted by Gasteiger charge is 2.22. The average Bonchev–Trinajstić information content (AvgIpc) is 2.86. The van der Waals surface area contributed by atoms with Gasteiger partial charge >= 0.3 is 5.97 Å².